The lowest BCUT2D eigenvalue weighted by molar-refractivity contribution is 0.0224. The van der Waals surface area contributed by atoms with Crippen molar-refractivity contribution in [2.75, 3.05) is 20.0 Å². The van der Waals surface area contributed by atoms with Gasteiger partial charge in [0.15, 0.2) is 6.79 Å². The summed E-state index contributed by atoms with van der Waals surface area (Å²) in [6, 6.07) is 8.51. The van der Waals surface area contributed by atoms with Crippen LogP contribution in [-0.4, -0.2) is 32.2 Å². The van der Waals surface area contributed by atoms with Gasteiger partial charge in [0.2, 0.25) is 0 Å². The van der Waals surface area contributed by atoms with E-state index < -0.39 is 0 Å². The Morgan fingerprint density at radius 3 is 2.80 bits per heavy atom. The van der Waals surface area contributed by atoms with Crippen LogP contribution in [0.2, 0.25) is 0 Å². The van der Waals surface area contributed by atoms with Gasteiger partial charge in [0.25, 0.3) is 0 Å². The molecule has 1 aliphatic heterocycles. The smallest absolute Gasteiger partial charge is 0.189 e. The molecule has 0 amide bonds. The number of nitrogens with one attached hydrogen (secondary N) is 1. The lowest BCUT2D eigenvalue weighted by atomic mass is 10.1. The topological polar surface area (TPSA) is 39.7 Å². The molecule has 2 atom stereocenters. The Hall–Kier alpha value is -1.10. The molecule has 0 radical (unpaired) electrons. The summed E-state index contributed by atoms with van der Waals surface area (Å²) in [6.07, 6.45) is 2.71. The second kappa shape index (κ2) is 8.25. The Morgan fingerprint density at radius 1 is 1.35 bits per heavy atom. The Morgan fingerprint density at radius 2 is 2.15 bits per heavy atom. The highest BCUT2D eigenvalue weighted by Crippen LogP contribution is 2.16. The molecular weight excluding hydrogens is 254 g/mol. The first kappa shape index (κ1) is 15.3. The van der Waals surface area contributed by atoms with Crippen molar-refractivity contribution in [3.63, 3.8) is 0 Å². The summed E-state index contributed by atoms with van der Waals surface area (Å²) in [7, 11) is 0. The highest BCUT2D eigenvalue weighted by molar-refractivity contribution is 5.27. The molecule has 1 saturated heterocycles. The summed E-state index contributed by atoms with van der Waals surface area (Å²) >= 11 is 0. The van der Waals surface area contributed by atoms with E-state index in [-0.39, 0.29) is 0 Å². The third kappa shape index (κ3) is 4.78. The fourth-order valence-electron chi connectivity index (χ4n) is 2.30. The largest absolute Gasteiger partial charge is 0.468 e. The number of hydrogen-bond donors (Lipinski definition) is 1. The molecular formula is C16H25NO3. The molecule has 1 fully saturated rings. The SMILES string of the molecule is CCOCOc1ccc(CN[C@@H](C)[C@H]2CCCO2)cc1. The normalized spacial score (nSPS) is 20.0. The average Bonchev–Trinajstić information content (AvgIpc) is 3.01. The summed E-state index contributed by atoms with van der Waals surface area (Å²) in [5, 5.41) is 3.52. The molecule has 1 aromatic carbocycles. The van der Waals surface area contributed by atoms with Crippen molar-refractivity contribution in [1.82, 2.24) is 5.32 Å². The molecule has 2 rings (SSSR count). The van der Waals surface area contributed by atoms with Crippen molar-refractivity contribution < 1.29 is 14.2 Å². The maximum Gasteiger partial charge on any atom is 0.189 e. The van der Waals surface area contributed by atoms with Gasteiger partial charge in [-0.05, 0) is 44.4 Å². The summed E-state index contributed by atoms with van der Waals surface area (Å²) in [6.45, 7) is 6.88. The third-order valence-electron chi connectivity index (χ3n) is 3.59. The summed E-state index contributed by atoms with van der Waals surface area (Å²) in [5.41, 5.74) is 1.25. The second-order valence-corrected chi connectivity index (χ2v) is 5.12. The van der Waals surface area contributed by atoms with Gasteiger partial charge in [-0.2, -0.15) is 0 Å². The van der Waals surface area contributed by atoms with Gasteiger partial charge in [0.05, 0.1) is 6.10 Å². The second-order valence-electron chi connectivity index (χ2n) is 5.12. The number of ether oxygens (including phenoxy) is 3. The van der Waals surface area contributed by atoms with Crippen LogP contribution in [-0.2, 0) is 16.0 Å². The van der Waals surface area contributed by atoms with Gasteiger partial charge >= 0.3 is 0 Å². The predicted molar refractivity (Wildman–Crippen MR) is 78.8 cm³/mol. The Bertz CT molecular complexity index is 374. The molecule has 0 aromatic heterocycles. The van der Waals surface area contributed by atoms with Gasteiger partial charge in [-0.25, -0.2) is 0 Å². The van der Waals surface area contributed by atoms with Gasteiger partial charge in [-0.15, -0.1) is 0 Å². The highest BCUT2D eigenvalue weighted by Gasteiger charge is 2.21. The van der Waals surface area contributed by atoms with Crippen LogP contribution in [0.3, 0.4) is 0 Å². The van der Waals surface area contributed by atoms with Crippen molar-refractivity contribution in [3.05, 3.63) is 29.8 Å². The Kier molecular flexibility index (Phi) is 6.30. The van der Waals surface area contributed by atoms with Crippen LogP contribution >= 0.6 is 0 Å². The van der Waals surface area contributed by atoms with Crippen LogP contribution in [0.4, 0.5) is 0 Å². The number of benzene rings is 1. The van der Waals surface area contributed by atoms with Crippen LogP contribution in [0.25, 0.3) is 0 Å². The summed E-state index contributed by atoms with van der Waals surface area (Å²) in [4.78, 5) is 0. The minimum absolute atomic E-state index is 0.310. The first-order valence-electron chi connectivity index (χ1n) is 7.44. The fourth-order valence-corrected chi connectivity index (χ4v) is 2.30. The number of hydrogen-bond acceptors (Lipinski definition) is 4. The van der Waals surface area contributed by atoms with Crippen LogP contribution in [0.15, 0.2) is 24.3 Å². The molecule has 4 heteroatoms. The molecule has 0 bridgehead atoms. The van der Waals surface area contributed by atoms with E-state index in [0.29, 0.717) is 25.5 Å². The van der Waals surface area contributed by atoms with Gasteiger partial charge in [-0.3, -0.25) is 0 Å². The van der Waals surface area contributed by atoms with Crippen LogP contribution < -0.4 is 10.1 Å². The molecule has 112 valence electrons. The first-order valence-corrected chi connectivity index (χ1v) is 7.44. The predicted octanol–water partition coefficient (Wildman–Crippen LogP) is 2.72. The molecule has 1 heterocycles. The number of rotatable bonds is 8. The molecule has 1 aliphatic rings. The monoisotopic (exact) mass is 279 g/mol. The van der Waals surface area contributed by atoms with Crippen molar-refractivity contribution >= 4 is 0 Å². The molecule has 0 aliphatic carbocycles. The van der Waals surface area contributed by atoms with Crippen LogP contribution in [0, 0.1) is 0 Å². The maximum atomic E-state index is 5.68. The van der Waals surface area contributed by atoms with E-state index in [1.807, 2.05) is 19.1 Å². The highest BCUT2D eigenvalue weighted by atomic mass is 16.7. The third-order valence-corrected chi connectivity index (χ3v) is 3.59. The quantitative estimate of drug-likeness (QED) is 0.587. The van der Waals surface area contributed by atoms with Crippen molar-refractivity contribution in [2.45, 2.75) is 45.4 Å². The Labute approximate surface area is 121 Å². The van der Waals surface area contributed by atoms with E-state index in [9.17, 15) is 0 Å². The van der Waals surface area contributed by atoms with Gasteiger partial charge < -0.3 is 19.5 Å². The van der Waals surface area contributed by atoms with Crippen molar-refractivity contribution in [1.29, 1.82) is 0 Å². The van der Waals surface area contributed by atoms with E-state index in [4.69, 9.17) is 14.2 Å². The van der Waals surface area contributed by atoms with Gasteiger partial charge in [0, 0.05) is 25.8 Å². The Balaban J connectivity index is 1.72. The lowest BCUT2D eigenvalue weighted by Crippen LogP contribution is -2.36. The van der Waals surface area contributed by atoms with E-state index in [2.05, 4.69) is 24.4 Å². The zero-order chi connectivity index (χ0) is 14.2. The first-order chi connectivity index (χ1) is 9.79. The standard InChI is InChI=1S/C16H25NO3/c1-3-18-12-20-15-8-6-14(7-9-15)11-17-13(2)16-5-4-10-19-16/h6-9,13,16-17H,3-5,10-12H2,1-2H3/t13-,16+/m0/s1. The minimum atomic E-state index is 0.310. The summed E-state index contributed by atoms with van der Waals surface area (Å²) < 4.78 is 16.3. The lowest BCUT2D eigenvalue weighted by Gasteiger charge is -2.20. The molecule has 4 nitrogen and oxygen atoms in total. The maximum absolute atomic E-state index is 5.68. The molecule has 0 saturated carbocycles. The van der Waals surface area contributed by atoms with E-state index in [0.717, 1.165) is 18.9 Å². The average molecular weight is 279 g/mol. The van der Waals surface area contributed by atoms with Gasteiger partial charge in [-0.1, -0.05) is 12.1 Å². The van der Waals surface area contributed by atoms with E-state index in [1.165, 1.54) is 18.4 Å². The minimum Gasteiger partial charge on any atom is -0.468 e. The summed E-state index contributed by atoms with van der Waals surface area (Å²) in [5.74, 6) is 0.842. The van der Waals surface area contributed by atoms with Gasteiger partial charge in [0.1, 0.15) is 5.75 Å². The molecule has 1 aromatic rings. The van der Waals surface area contributed by atoms with E-state index in [1.54, 1.807) is 0 Å². The molecule has 1 N–H and O–H groups in total. The molecule has 0 unspecified atom stereocenters. The zero-order valence-corrected chi connectivity index (χ0v) is 12.4. The molecule has 20 heavy (non-hydrogen) atoms. The fraction of sp³-hybridized carbons (Fsp3) is 0.625. The van der Waals surface area contributed by atoms with Crippen molar-refractivity contribution in [3.8, 4) is 5.75 Å². The van der Waals surface area contributed by atoms with Crippen LogP contribution in [0.1, 0.15) is 32.3 Å². The molecule has 0 spiro atoms. The van der Waals surface area contributed by atoms with Crippen LogP contribution in [0.5, 0.6) is 5.75 Å². The van der Waals surface area contributed by atoms with E-state index >= 15 is 0 Å². The zero-order valence-electron chi connectivity index (χ0n) is 12.4. The van der Waals surface area contributed by atoms with Crippen molar-refractivity contribution in [2.24, 2.45) is 0 Å².